The fourth-order valence-electron chi connectivity index (χ4n) is 1.98. The highest BCUT2D eigenvalue weighted by Crippen LogP contribution is 2.19. The second-order valence-electron chi connectivity index (χ2n) is 4.88. The van der Waals surface area contributed by atoms with Crippen LogP contribution in [0.5, 0.6) is 0 Å². The van der Waals surface area contributed by atoms with Gasteiger partial charge in [-0.3, -0.25) is 4.68 Å². The van der Waals surface area contributed by atoms with Gasteiger partial charge >= 0.3 is 0 Å². The third-order valence-electron chi connectivity index (χ3n) is 3.12. The molecule has 0 aliphatic heterocycles. The molecule has 0 spiro atoms. The zero-order valence-electron chi connectivity index (χ0n) is 11.3. The first-order valence-electron chi connectivity index (χ1n) is 6.46. The van der Waals surface area contributed by atoms with Crippen LogP contribution in [0.25, 0.3) is 0 Å². The van der Waals surface area contributed by atoms with Crippen LogP contribution in [0.4, 0.5) is 0 Å². The third-order valence-corrected chi connectivity index (χ3v) is 3.61. The van der Waals surface area contributed by atoms with Gasteiger partial charge in [0.05, 0.1) is 6.54 Å². The molecule has 0 amide bonds. The van der Waals surface area contributed by atoms with Crippen molar-refractivity contribution < 1.29 is 0 Å². The van der Waals surface area contributed by atoms with Crippen molar-refractivity contribution in [1.82, 2.24) is 20.1 Å². The monoisotopic (exact) mass is 322 g/mol. The normalized spacial score (nSPS) is 14.3. The van der Waals surface area contributed by atoms with Crippen LogP contribution in [-0.4, -0.2) is 27.4 Å². The van der Waals surface area contributed by atoms with Crippen molar-refractivity contribution >= 4 is 15.9 Å². The smallest absolute Gasteiger partial charge is 0.137 e. The van der Waals surface area contributed by atoms with Gasteiger partial charge in [0.25, 0.3) is 0 Å². The molecule has 2 rings (SSSR count). The summed E-state index contributed by atoms with van der Waals surface area (Å²) in [5.74, 6) is 0.482. The summed E-state index contributed by atoms with van der Waals surface area (Å²) in [6.07, 6.45) is 3.31. The number of rotatable bonds is 6. The van der Waals surface area contributed by atoms with Gasteiger partial charge in [0.15, 0.2) is 0 Å². The van der Waals surface area contributed by atoms with Crippen LogP contribution >= 0.6 is 15.9 Å². The molecule has 4 nitrogen and oxygen atoms in total. The molecule has 0 aliphatic rings. The van der Waals surface area contributed by atoms with E-state index in [0.717, 1.165) is 17.6 Å². The van der Waals surface area contributed by atoms with E-state index in [1.807, 2.05) is 4.68 Å². The fourth-order valence-corrected chi connectivity index (χ4v) is 2.40. The minimum absolute atomic E-state index is 0.372. The molecule has 0 fully saturated rings. The second kappa shape index (κ2) is 6.82. The van der Waals surface area contributed by atoms with E-state index in [9.17, 15) is 0 Å². The average molecular weight is 323 g/mol. The van der Waals surface area contributed by atoms with E-state index in [1.54, 1.807) is 12.7 Å². The summed E-state index contributed by atoms with van der Waals surface area (Å²) in [5, 5.41) is 7.65. The van der Waals surface area contributed by atoms with E-state index >= 15 is 0 Å². The van der Waals surface area contributed by atoms with E-state index in [-0.39, 0.29) is 0 Å². The standard InChI is InChI=1S/C14H19BrN4/c1-11(13-4-3-5-14(15)6-13)7-17-12(2)8-19-10-16-9-18-19/h3-6,9-12,17H,7-8H2,1-2H3. The number of hydrogen-bond acceptors (Lipinski definition) is 3. The number of nitrogens with zero attached hydrogens (tertiary/aromatic N) is 3. The van der Waals surface area contributed by atoms with Crippen LogP contribution in [0, 0.1) is 0 Å². The van der Waals surface area contributed by atoms with Crippen LogP contribution in [0.2, 0.25) is 0 Å². The first kappa shape index (κ1) is 14.2. The van der Waals surface area contributed by atoms with Crippen molar-refractivity contribution in [1.29, 1.82) is 0 Å². The molecule has 19 heavy (non-hydrogen) atoms. The van der Waals surface area contributed by atoms with Crippen molar-refractivity contribution in [2.24, 2.45) is 0 Å². The maximum Gasteiger partial charge on any atom is 0.137 e. The van der Waals surface area contributed by atoms with Crippen LogP contribution in [0.3, 0.4) is 0 Å². The number of halogens is 1. The summed E-state index contributed by atoms with van der Waals surface area (Å²) in [6.45, 7) is 6.18. The van der Waals surface area contributed by atoms with Gasteiger partial charge in [-0.25, -0.2) is 4.98 Å². The average Bonchev–Trinajstić information content (AvgIpc) is 2.88. The van der Waals surface area contributed by atoms with Crippen molar-refractivity contribution in [3.8, 4) is 0 Å². The zero-order valence-corrected chi connectivity index (χ0v) is 12.8. The molecule has 102 valence electrons. The van der Waals surface area contributed by atoms with Gasteiger partial charge in [0, 0.05) is 17.1 Å². The van der Waals surface area contributed by atoms with Crippen molar-refractivity contribution in [3.63, 3.8) is 0 Å². The summed E-state index contributed by atoms with van der Waals surface area (Å²) < 4.78 is 2.98. The summed E-state index contributed by atoms with van der Waals surface area (Å²) in [4.78, 5) is 3.95. The molecular formula is C14H19BrN4. The van der Waals surface area contributed by atoms with Gasteiger partial charge in [-0.1, -0.05) is 35.0 Å². The maximum absolute atomic E-state index is 4.11. The number of aromatic nitrogens is 3. The van der Waals surface area contributed by atoms with E-state index in [1.165, 1.54) is 5.56 Å². The van der Waals surface area contributed by atoms with E-state index < -0.39 is 0 Å². The SMILES string of the molecule is CC(Cn1cncn1)NCC(C)c1cccc(Br)c1. The van der Waals surface area contributed by atoms with Gasteiger partial charge in [-0.15, -0.1) is 0 Å². The third kappa shape index (κ3) is 4.44. The molecular weight excluding hydrogens is 304 g/mol. The van der Waals surface area contributed by atoms with Crippen LogP contribution in [0.15, 0.2) is 41.4 Å². The lowest BCUT2D eigenvalue weighted by molar-refractivity contribution is 0.439. The number of hydrogen-bond donors (Lipinski definition) is 1. The molecule has 0 bridgehead atoms. The molecule has 1 heterocycles. The highest BCUT2D eigenvalue weighted by Gasteiger charge is 2.08. The quantitative estimate of drug-likeness (QED) is 0.889. The Bertz CT molecular complexity index is 498. The van der Waals surface area contributed by atoms with Gasteiger partial charge in [0.1, 0.15) is 12.7 Å². The van der Waals surface area contributed by atoms with E-state index in [0.29, 0.717) is 12.0 Å². The van der Waals surface area contributed by atoms with Crippen molar-refractivity contribution in [2.45, 2.75) is 32.4 Å². The van der Waals surface area contributed by atoms with Crippen LogP contribution in [-0.2, 0) is 6.54 Å². The van der Waals surface area contributed by atoms with Gasteiger partial charge in [0.2, 0.25) is 0 Å². The fraction of sp³-hybridized carbons (Fsp3) is 0.429. The first-order valence-corrected chi connectivity index (χ1v) is 7.25. The van der Waals surface area contributed by atoms with Crippen molar-refractivity contribution in [2.75, 3.05) is 6.54 Å². The number of nitrogens with one attached hydrogen (secondary N) is 1. The molecule has 0 saturated heterocycles. The largest absolute Gasteiger partial charge is 0.312 e. The highest BCUT2D eigenvalue weighted by atomic mass is 79.9. The van der Waals surface area contributed by atoms with E-state index in [2.05, 4.69) is 69.4 Å². The predicted molar refractivity (Wildman–Crippen MR) is 80.0 cm³/mol. The zero-order chi connectivity index (χ0) is 13.7. The Morgan fingerprint density at radius 3 is 2.89 bits per heavy atom. The molecule has 0 aliphatic carbocycles. The lowest BCUT2D eigenvalue weighted by atomic mass is 10.0. The Morgan fingerprint density at radius 1 is 1.37 bits per heavy atom. The maximum atomic E-state index is 4.11. The highest BCUT2D eigenvalue weighted by molar-refractivity contribution is 9.10. The lowest BCUT2D eigenvalue weighted by Crippen LogP contribution is -2.33. The lowest BCUT2D eigenvalue weighted by Gasteiger charge is -2.18. The summed E-state index contributed by atoms with van der Waals surface area (Å²) in [5.41, 5.74) is 1.34. The molecule has 1 N–H and O–H groups in total. The Labute approximate surface area is 122 Å². The minimum Gasteiger partial charge on any atom is -0.312 e. The minimum atomic E-state index is 0.372. The van der Waals surface area contributed by atoms with Crippen molar-refractivity contribution in [3.05, 3.63) is 47.0 Å². The Balaban J connectivity index is 1.81. The molecule has 2 atom stereocenters. The molecule has 0 saturated carbocycles. The molecule has 1 aromatic carbocycles. The molecule has 2 aromatic rings. The van der Waals surface area contributed by atoms with Crippen LogP contribution < -0.4 is 5.32 Å². The van der Waals surface area contributed by atoms with Gasteiger partial charge < -0.3 is 5.32 Å². The second-order valence-corrected chi connectivity index (χ2v) is 5.80. The Morgan fingerprint density at radius 2 is 2.21 bits per heavy atom. The summed E-state index contributed by atoms with van der Waals surface area (Å²) in [6, 6.07) is 8.84. The first-order chi connectivity index (χ1) is 9.15. The predicted octanol–water partition coefficient (Wildman–Crippen LogP) is 2.82. The molecule has 1 aromatic heterocycles. The van der Waals surface area contributed by atoms with E-state index in [4.69, 9.17) is 0 Å². The topological polar surface area (TPSA) is 42.7 Å². The van der Waals surface area contributed by atoms with Gasteiger partial charge in [-0.05, 0) is 30.5 Å². The van der Waals surface area contributed by atoms with Gasteiger partial charge in [-0.2, -0.15) is 5.10 Å². The van der Waals surface area contributed by atoms with Crippen LogP contribution in [0.1, 0.15) is 25.3 Å². The Hall–Kier alpha value is -1.20. The number of benzene rings is 1. The Kier molecular flexibility index (Phi) is 5.10. The summed E-state index contributed by atoms with van der Waals surface area (Å²) >= 11 is 3.51. The molecule has 0 radical (unpaired) electrons. The molecule has 5 heteroatoms. The molecule has 2 unspecified atom stereocenters. The summed E-state index contributed by atoms with van der Waals surface area (Å²) in [7, 11) is 0.